The van der Waals surface area contributed by atoms with Gasteiger partial charge < -0.3 is 25.0 Å². The molecule has 0 aromatic heterocycles. The number of rotatable bonds is 6. The number of hydrogen-bond donors (Lipinski definition) is 2. The smallest absolute Gasteiger partial charge is 0.251 e. The molecular weight excluding hydrogens is 348 g/mol. The molecule has 2 amide bonds. The summed E-state index contributed by atoms with van der Waals surface area (Å²) in [5.41, 5.74) is 0.619. The molecule has 2 aliphatic rings. The standard InChI is InChI=1S/C19H28N4O4/c1-26-16-4-2-15(3-5-16)18(24)21-6-8-22-9-11-23(12-10-22)19(25)17-14-27-13-7-20-17/h2-5,17,20H,6-14H2,1H3,(H,21,24). The van der Waals surface area contributed by atoms with Crippen molar-refractivity contribution < 1.29 is 19.1 Å². The Morgan fingerprint density at radius 3 is 2.59 bits per heavy atom. The Bertz CT molecular complexity index is 623. The Balaban J connectivity index is 1.35. The highest BCUT2D eigenvalue weighted by Gasteiger charge is 2.28. The first kappa shape index (κ1) is 19.6. The van der Waals surface area contributed by atoms with Crippen molar-refractivity contribution >= 4 is 11.8 Å². The summed E-state index contributed by atoms with van der Waals surface area (Å²) in [6.45, 7) is 6.26. The summed E-state index contributed by atoms with van der Waals surface area (Å²) >= 11 is 0. The van der Waals surface area contributed by atoms with Crippen LogP contribution in [-0.2, 0) is 9.53 Å². The Morgan fingerprint density at radius 2 is 1.96 bits per heavy atom. The van der Waals surface area contributed by atoms with E-state index < -0.39 is 0 Å². The van der Waals surface area contributed by atoms with Crippen LogP contribution in [0.2, 0.25) is 0 Å². The van der Waals surface area contributed by atoms with Gasteiger partial charge in [-0.1, -0.05) is 0 Å². The van der Waals surface area contributed by atoms with Gasteiger partial charge in [-0.15, -0.1) is 0 Å². The van der Waals surface area contributed by atoms with Crippen LogP contribution in [0, 0.1) is 0 Å². The minimum absolute atomic E-state index is 0.0881. The molecule has 0 spiro atoms. The zero-order chi connectivity index (χ0) is 19.1. The molecule has 27 heavy (non-hydrogen) atoms. The molecule has 2 aliphatic heterocycles. The molecule has 2 saturated heterocycles. The highest BCUT2D eigenvalue weighted by Crippen LogP contribution is 2.11. The lowest BCUT2D eigenvalue weighted by atomic mass is 10.2. The summed E-state index contributed by atoms with van der Waals surface area (Å²) < 4.78 is 10.5. The number of amides is 2. The monoisotopic (exact) mass is 376 g/mol. The van der Waals surface area contributed by atoms with E-state index in [1.165, 1.54) is 0 Å². The van der Waals surface area contributed by atoms with Gasteiger partial charge in [0.25, 0.3) is 5.91 Å². The van der Waals surface area contributed by atoms with Gasteiger partial charge in [-0.25, -0.2) is 0 Å². The highest BCUT2D eigenvalue weighted by atomic mass is 16.5. The van der Waals surface area contributed by atoms with E-state index in [0.717, 1.165) is 31.9 Å². The summed E-state index contributed by atoms with van der Waals surface area (Å²) in [4.78, 5) is 28.8. The summed E-state index contributed by atoms with van der Waals surface area (Å²) in [5.74, 6) is 0.769. The first-order chi connectivity index (χ1) is 13.2. The second-order valence-electron chi connectivity index (χ2n) is 6.73. The molecule has 0 saturated carbocycles. The largest absolute Gasteiger partial charge is 0.497 e. The zero-order valence-electron chi connectivity index (χ0n) is 15.8. The number of methoxy groups -OCH3 is 1. The van der Waals surface area contributed by atoms with Gasteiger partial charge in [-0.05, 0) is 24.3 Å². The van der Waals surface area contributed by atoms with E-state index in [2.05, 4.69) is 15.5 Å². The third kappa shape index (κ3) is 5.41. The van der Waals surface area contributed by atoms with Crippen LogP contribution in [0.25, 0.3) is 0 Å². The van der Waals surface area contributed by atoms with Gasteiger partial charge in [0.2, 0.25) is 5.91 Å². The van der Waals surface area contributed by atoms with Crippen LogP contribution >= 0.6 is 0 Å². The molecule has 1 aromatic carbocycles. The number of morpholine rings is 1. The Hall–Kier alpha value is -2.16. The molecule has 1 unspecified atom stereocenters. The predicted molar refractivity (Wildman–Crippen MR) is 101 cm³/mol. The number of carbonyl (C=O) groups is 2. The van der Waals surface area contributed by atoms with Crippen molar-refractivity contribution in [1.82, 2.24) is 20.4 Å². The molecule has 3 rings (SSSR count). The summed E-state index contributed by atoms with van der Waals surface area (Å²) in [6, 6.07) is 6.84. The second kappa shape index (κ2) is 9.68. The number of ether oxygens (including phenoxy) is 2. The maximum Gasteiger partial charge on any atom is 0.251 e. The van der Waals surface area contributed by atoms with Crippen LogP contribution in [0.4, 0.5) is 0 Å². The third-order valence-corrected chi connectivity index (χ3v) is 4.97. The quantitative estimate of drug-likeness (QED) is 0.700. The lowest BCUT2D eigenvalue weighted by Crippen LogP contribution is -2.57. The average molecular weight is 376 g/mol. The van der Waals surface area contributed by atoms with Crippen LogP contribution in [0.1, 0.15) is 10.4 Å². The van der Waals surface area contributed by atoms with Crippen molar-refractivity contribution in [3.05, 3.63) is 29.8 Å². The first-order valence-electron chi connectivity index (χ1n) is 9.42. The number of nitrogens with zero attached hydrogens (tertiary/aromatic N) is 2. The van der Waals surface area contributed by atoms with E-state index in [-0.39, 0.29) is 17.9 Å². The molecule has 8 nitrogen and oxygen atoms in total. The van der Waals surface area contributed by atoms with Gasteiger partial charge in [0.15, 0.2) is 0 Å². The van der Waals surface area contributed by atoms with Gasteiger partial charge in [0, 0.05) is 51.4 Å². The van der Waals surface area contributed by atoms with Gasteiger partial charge in [-0.3, -0.25) is 14.5 Å². The molecule has 148 valence electrons. The van der Waals surface area contributed by atoms with E-state index in [1.807, 2.05) is 4.90 Å². The Morgan fingerprint density at radius 1 is 1.22 bits per heavy atom. The minimum atomic E-state index is -0.214. The normalized spacial score (nSPS) is 20.9. The maximum atomic E-state index is 12.5. The fourth-order valence-corrected chi connectivity index (χ4v) is 3.31. The molecule has 2 fully saturated rings. The van der Waals surface area contributed by atoms with Gasteiger partial charge in [0.1, 0.15) is 11.8 Å². The number of carbonyl (C=O) groups excluding carboxylic acids is 2. The van der Waals surface area contributed by atoms with E-state index in [9.17, 15) is 9.59 Å². The number of benzene rings is 1. The van der Waals surface area contributed by atoms with Crippen molar-refractivity contribution in [2.45, 2.75) is 6.04 Å². The van der Waals surface area contributed by atoms with E-state index in [4.69, 9.17) is 9.47 Å². The second-order valence-corrected chi connectivity index (χ2v) is 6.73. The fourth-order valence-electron chi connectivity index (χ4n) is 3.31. The van der Waals surface area contributed by atoms with Crippen LogP contribution in [0.15, 0.2) is 24.3 Å². The molecule has 2 N–H and O–H groups in total. The SMILES string of the molecule is COc1ccc(C(=O)NCCN2CCN(C(=O)C3COCCN3)CC2)cc1. The number of piperazine rings is 1. The molecule has 2 heterocycles. The van der Waals surface area contributed by atoms with Gasteiger partial charge in [-0.2, -0.15) is 0 Å². The van der Waals surface area contributed by atoms with Crippen LogP contribution < -0.4 is 15.4 Å². The Kier molecular flexibility index (Phi) is 7.03. The van der Waals surface area contributed by atoms with E-state index in [1.54, 1.807) is 31.4 Å². The number of nitrogens with one attached hydrogen (secondary N) is 2. The van der Waals surface area contributed by atoms with Crippen molar-refractivity contribution in [2.75, 3.05) is 66.1 Å². The lowest BCUT2D eigenvalue weighted by molar-refractivity contribution is -0.138. The molecule has 8 heteroatoms. The van der Waals surface area contributed by atoms with Crippen molar-refractivity contribution in [1.29, 1.82) is 0 Å². The highest BCUT2D eigenvalue weighted by molar-refractivity contribution is 5.94. The van der Waals surface area contributed by atoms with Crippen molar-refractivity contribution in [2.24, 2.45) is 0 Å². The first-order valence-corrected chi connectivity index (χ1v) is 9.42. The van der Waals surface area contributed by atoms with Crippen LogP contribution in [0.3, 0.4) is 0 Å². The molecule has 0 radical (unpaired) electrons. The third-order valence-electron chi connectivity index (χ3n) is 4.97. The molecule has 1 aromatic rings. The van der Waals surface area contributed by atoms with Crippen molar-refractivity contribution in [3.63, 3.8) is 0 Å². The molecule has 0 bridgehead atoms. The Labute approximate surface area is 159 Å². The van der Waals surface area contributed by atoms with Crippen molar-refractivity contribution in [3.8, 4) is 5.75 Å². The predicted octanol–water partition coefficient (Wildman–Crippen LogP) is -0.442. The van der Waals surface area contributed by atoms with E-state index in [0.29, 0.717) is 38.4 Å². The zero-order valence-corrected chi connectivity index (χ0v) is 15.8. The average Bonchev–Trinajstić information content (AvgIpc) is 2.74. The fraction of sp³-hybridized carbons (Fsp3) is 0.579. The summed E-state index contributed by atoms with van der Waals surface area (Å²) in [6.07, 6.45) is 0. The molecular formula is C19H28N4O4. The number of hydrogen-bond acceptors (Lipinski definition) is 6. The van der Waals surface area contributed by atoms with Gasteiger partial charge in [0.05, 0.1) is 20.3 Å². The van der Waals surface area contributed by atoms with Gasteiger partial charge >= 0.3 is 0 Å². The van der Waals surface area contributed by atoms with Crippen LogP contribution in [-0.4, -0.2) is 93.8 Å². The maximum absolute atomic E-state index is 12.5. The minimum Gasteiger partial charge on any atom is -0.497 e. The topological polar surface area (TPSA) is 83.1 Å². The summed E-state index contributed by atoms with van der Waals surface area (Å²) in [5, 5.41) is 6.15. The molecule has 0 aliphatic carbocycles. The lowest BCUT2D eigenvalue weighted by Gasteiger charge is -2.37. The molecule has 1 atom stereocenters. The van der Waals surface area contributed by atoms with Crippen LogP contribution in [0.5, 0.6) is 5.75 Å². The summed E-state index contributed by atoms with van der Waals surface area (Å²) in [7, 11) is 1.60. The van der Waals surface area contributed by atoms with E-state index >= 15 is 0 Å².